The molecule has 1 aromatic rings. The van der Waals surface area contributed by atoms with E-state index in [2.05, 4.69) is 4.99 Å². The second kappa shape index (κ2) is 3.63. The van der Waals surface area contributed by atoms with Crippen LogP contribution >= 0.6 is 0 Å². The Labute approximate surface area is 73.1 Å². The normalized spacial score (nSPS) is 11.0. The van der Waals surface area contributed by atoms with E-state index in [0.29, 0.717) is 0 Å². The van der Waals surface area contributed by atoms with Gasteiger partial charge >= 0.3 is 0 Å². The summed E-state index contributed by atoms with van der Waals surface area (Å²) in [5.41, 5.74) is 5.44. The summed E-state index contributed by atoms with van der Waals surface area (Å²) >= 11 is 0. The van der Waals surface area contributed by atoms with E-state index in [1.54, 1.807) is 0 Å². The van der Waals surface area contributed by atoms with Crippen LogP contribution in [-0.4, -0.2) is 5.84 Å². The third-order valence-electron chi connectivity index (χ3n) is 1.39. The van der Waals surface area contributed by atoms with Crippen LogP contribution in [0.1, 0.15) is 5.56 Å². The molecule has 1 rings (SSSR count). The molecule has 66 valence electrons. The van der Waals surface area contributed by atoms with Crippen LogP contribution in [0.15, 0.2) is 23.2 Å². The minimum Gasteiger partial charge on any atom is -0.383 e. The summed E-state index contributed by atoms with van der Waals surface area (Å²) in [7, 11) is 0. The van der Waals surface area contributed by atoms with Gasteiger partial charge in [-0.1, -0.05) is 0 Å². The fourth-order valence-electron chi connectivity index (χ4n) is 0.774. The van der Waals surface area contributed by atoms with Gasteiger partial charge in [0.25, 0.3) is 0 Å². The van der Waals surface area contributed by atoms with Gasteiger partial charge in [-0.2, -0.15) is 10.3 Å². The number of nitrogens with two attached hydrogens (primary N) is 1. The summed E-state index contributed by atoms with van der Waals surface area (Å²) < 4.78 is 25.0. The zero-order valence-electron chi connectivity index (χ0n) is 6.46. The fourth-order valence-corrected chi connectivity index (χ4v) is 0.774. The summed E-state index contributed by atoms with van der Waals surface area (Å²) in [6, 6.07) is 3.05. The molecule has 0 aliphatic carbocycles. The van der Waals surface area contributed by atoms with E-state index in [1.165, 1.54) is 12.3 Å². The van der Waals surface area contributed by atoms with E-state index in [4.69, 9.17) is 11.0 Å². The van der Waals surface area contributed by atoms with Gasteiger partial charge in [0.05, 0.1) is 0 Å². The predicted octanol–water partition coefficient (Wildman–Crippen LogP) is 1.15. The summed E-state index contributed by atoms with van der Waals surface area (Å²) in [5, 5.41) is 8.14. The van der Waals surface area contributed by atoms with Crippen molar-refractivity contribution in [2.75, 3.05) is 0 Å². The summed E-state index contributed by atoms with van der Waals surface area (Å²) in [4.78, 5) is 3.18. The molecule has 0 aromatic heterocycles. The Morgan fingerprint density at radius 1 is 1.38 bits per heavy atom. The number of aliphatic imine (C=N–C) groups is 1. The summed E-state index contributed by atoms with van der Waals surface area (Å²) in [6.45, 7) is 0. The molecule has 0 saturated carbocycles. The molecule has 0 heterocycles. The number of amidine groups is 1. The topological polar surface area (TPSA) is 62.2 Å². The van der Waals surface area contributed by atoms with Crippen molar-refractivity contribution in [1.82, 2.24) is 0 Å². The molecule has 1 aromatic carbocycles. The van der Waals surface area contributed by atoms with E-state index in [-0.39, 0.29) is 11.4 Å². The van der Waals surface area contributed by atoms with Gasteiger partial charge in [0.15, 0.2) is 11.6 Å². The molecule has 0 aliphatic rings. The molecule has 0 spiro atoms. The smallest absolute Gasteiger partial charge is 0.207 e. The summed E-state index contributed by atoms with van der Waals surface area (Å²) in [6.07, 6.45) is 1.45. The molecule has 0 radical (unpaired) electrons. The van der Waals surface area contributed by atoms with Gasteiger partial charge in [-0.3, -0.25) is 0 Å². The Morgan fingerprint density at radius 3 is 2.62 bits per heavy atom. The number of hydrogen-bond acceptors (Lipinski definition) is 2. The SMILES string of the molecule is N#CN=C(N)c1ccc(F)c(F)c1. The third kappa shape index (κ3) is 1.99. The maximum atomic E-state index is 12.6. The van der Waals surface area contributed by atoms with Crippen molar-refractivity contribution in [1.29, 1.82) is 5.26 Å². The van der Waals surface area contributed by atoms with E-state index in [0.717, 1.165) is 12.1 Å². The first-order chi connectivity index (χ1) is 6.15. The highest BCUT2D eigenvalue weighted by Crippen LogP contribution is 2.08. The molecule has 2 N–H and O–H groups in total. The lowest BCUT2D eigenvalue weighted by molar-refractivity contribution is 0.508. The molecular weight excluding hydrogens is 176 g/mol. The first-order valence-electron chi connectivity index (χ1n) is 3.33. The highest BCUT2D eigenvalue weighted by molar-refractivity contribution is 5.97. The minimum absolute atomic E-state index is 0.138. The zero-order valence-corrected chi connectivity index (χ0v) is 6.46. The Hall–Kier alpha value is -1.96. The lowest BCUT2D eigenvalue weighted by atomic mass is 10.2. The van der Waals surface area contributed by atoms with Crippen LogP contribution in [0.25, 0.3) is 0 Å². The van der Waals surface area contributed by atoms with Crippen molar-refractivity contribution in [2.24, 2.45) is 10.7 Å². The average molecular weight is 181 g/mol. The van der Waals surface area contributed by atoms with E-state index in [9.17, 15) is 8.78 Å². The minimum atomic E-state index is -1.02. The number of halogens is 2. The van der Waals surface area contributed by atoms with Crippen molar-refractivity contribution >= 4 is 5.84 Å². The van der Waals surface area contributed by atoms with Gasteiger partial charge in [-0.05, 0) is 18.2 Å². The summed E-state index contributed by atoms with van der Waals surface area (Å²) in [5.74, 6) is -2.12. The van der Waals surface area contributed by atoms with Crippen LogP contribution in [0.3, 0.4) is 0 Å². The highest BCUT2D eigenvalue weighted by atomic mass is 19.2. The first kappa shape index (κ1) is 9.13. The van der Waals surface area contributed by atoms with Gasteiger partial charge in [0.2, 0.25) is 6.19 Å². The predicted molar refractivity (Wildman–Crippen MR) is 42.7 cm³/mol. The van der Waals surface area contributed by atoms with Crippen LogP contribution in [0, 0.1) is 23.1 Å². The second-order valence-corrected chi connectivity index (χ2v) is 2.23. The van der Waals surface area contributed by atoms with Crippen molar-refractivity contribution in [2.45, 2.75) is 0 Å². The average Bonchev–Trinajstić information content (AvgIpc) is 2.10. The number of benzene rings is 1. The van der Waals surface area contributed by atoms with Gasteiger partial charge in [-0.15, -0.1) is 0 Å². The van der Waals surface area contributed by atoms with Crippen molar-refractivity contribution < 1.29 is 8.78 Å². The Kier molecular flexibility index (Phi) is 2.55. The van der Waals surface area contributed by atoms with Crippen LogP contribution in [-0.2, 0) is 0 Å². The molecule has 0 aliphatic heterocycles. The standard InChI is InChI=1S/C8H5F2N3/c9-6-2-1-5(3-7(6)10)8(12)13-4-11/h1-3H,(H2,12,13). The number of hydrogen-bond donors (Lipinski definition) is 1. The third-order valence-corrected chi connectivity index (χ3v) is 1.39. The zero-order chi connectivity index (χ0) is 9.84. The molecule has 0 atom stereocenters. The molecule has 5 heteroatoms. The van der Waals surface area contributed by atoms with E-state index < -0.39 is 11.6 Å². The van der Waals surface area contributed by atoms with E-state index in [1.807, 2.05) is 0 Å². The fraction of sp³-hybridized carbons (Fsp3) is 0. The number of nitrogens with zero attached hydrogens (tertiary/aromatic N) is 2. The van der Waals surface area contributed by atoms with Crippen molar-refractivity contribution in [3.05, 3.63) is 35.4 Å². The molecular formula is C8H5F2N3. The Balaban J connectivity index is 3.13. The van der Waals surface area contributed by atoms with E-state index >= 15 is 0 Å². The molecule has 0 fully saturated rings. The molecule has 3 nitrogen and oxygen atoms in total. The molecule has 13 heavy (non-hydrogen) atoms. The van der Waals surface area contributed by atoms with Crippen molar-refractivity contribution in [3.63, 3.8) is 0 Å². The Morgan fingerprint density at radius 2 is 2.08 bits per heavy atom. The first-order valence-corrected chi connectivity index (χ1v) is 3.33. The quantitative estimate of drug-likeness (QED) is 0.401. The van der Waals surface area contributed by atoms with Crippen molar-refractivity contribution in [3.8, 4) is 6.19 Å². The lowest BCUT2D eigenvalue weighted by Crippen LogP contribution is -2.13. The molecule has 0 saturated heterocycles. The van der Waals surface area contributed by atoms with Gasteiger partial charge in [-0.25, -0.2) is 8.78 Å². The maximum absolute atomic E-state index is 12.6. The van der Waals surface area contributed by atoms with Crippen LogP contribution in [0.2, 0.25) is 0 Å². The molecule has 0 amide bonds. The monoisotopic (exact) mass is 181 g/mol. The van der Waals surface area contributed by atoms with Gasteiger partial charge in [0, 0.05) is 5.56 Å². The lowest BCUT2D eigenvalue weighted by Gasteiger charge is -1.98. The molecule has 0 unspecified atom stereocenters. The number of rotatable bonds is 1. The largest absolute Gasteiger partial charge is 0.383 e. The number of nitriles is 1. The van der Waals surface area contributed by atoms with Gasteiger partial charge in [0.1, 0.15) is 5.84 Å². The second-order valence-electron chi connectivity index (χ2n) is 2.23. The van der Waals surface area contributed by atoms with Crippen LogP contribution in [0.5, 0.6) is 0 Å². The maximum Gasteiger partial charge on any atom is 0.207 e. The highest BCUT2D eigenvalue weighted by Gasteiger charge is 2.04. The Bertz CT molecular complexity index is 393. The molecule has 0 bridgehead atoms. The van der Waals surface area contributed by atoms with Crippen LogP contribution < -0.4 is 5.73 Å². The van der Waals surface area contributed by atoms with Gasteiger partial charge < -0.3 is 5.73 Å². The van der Waals surface area contributed by atoms with Crippen LogP contribution in [0.4, 0.5) is 8.78 Å².